The van der Waals surface area contributed by atoms with Crippen LogP contribution in [0.2, 0.25) is 0 Å². The molecule has 0 aliphatic heterocycles. The Balaban J connectivity index is 1.64. The normalized spacial score (nSPS) is 11.0. The number of thiazole rings is 1. The predicted molar refractivity (Wildman–Crippen MR) is 90.6 cm³/mol. The smallest absolute Gasteiger partial charge is 0.261 e. The lowest BCUT2D eigenvalue weighted by Crippen LogP contribution is -2.15. The molecule has 4 rings (SSSR count). The van der Waals surface area contributed by atoms with Crippen LogP contribution in [-0.2, 0) is 0 Å². The molecule has 0 unspecified atom stereocenters. The van der Waals surface area contributed by atoms with Crippen LogP contribution in [0.5, 0.6) is 0 Å². The Morgan fingerprint density at radius 1 is 1.04 bits per heavy atom. The van der Waals surface area contributed by atoms with E-state index in [1.54, 1.807) is 17.5 Å². The molecule has 1 amide bonds. The number of carbonyl (C=O) groups is 1. The average molecular weight is 374 g/mol. The summed E-state index contributed by atoms with van der Waals surface area (Å²) in [6.45, 7) is 0. The van der Waals surface area contributed by atoms with Gasteiger partial charge in [-0.05, 0) is 36.4 Å². The quantitative estimate of drug-likeness (QED) is 0.587. The highest BCUT2D eigenvalue weighted by Gasteiger charge is 2.17. The Hall–Kier alpha value is -3.20. The number of aromatic nitrogens is 3. The molecule has 0 saturated heterocycles. The number of hydrogen-bond acceptors (Lipinski definition) is 4. The number of nitrogens with zero attached hydrogens (tertiary/aromatic N) is 3. The summed E-state index contributed by atoms with van der Waals surface area (Å²) in [5.41, 5.74) is 1.08. The number of halogens is 3. The highest BCUT2D eigenvalue weighted by atomic mass is 32.1. The lowest BCUT2D eigenvalue weighted by Gasteiger charge is -2.02. The number of carbonyl (C=O) groups excluding carboxylic acids is 1. The maximum absolute atomic E-state index is 13.7. The predicted octanol–water partition coefficient (Wildman–Crippen LogP) is 4.13. The molecule has 0 bridgehead atoms. The van der Waals surface area contributed by atoms with E-state index in [9.17, 15) is 18.0 Å². The minimum atomic E-state index is -0.976. The first-order chi connectivity index (χ1) is 12.5. The number of benzene rings is 2. The summed E-state index contributed by atoms with van der Waals surface area (Å²) in [6.07, 6.45) is 0. The number of hydrogen-bond donors (Lipinski definition) is 1. The molecule has 2 heterocycles. The first kappa shape index (κ1) is 16.3. The zero-order valence-electron chi connectivity index (χ0n) is 12.9. The Labute approximate surface area is 148 Å². The SMILES string of the molecule is O=C(Nc1nc2scc(-c3ccc(F)cc3)n2n1)c1ccc(F)cc1F. The molecule has 1 N–H and O–H groups in total. The number of fused-ring (bicyclic) bond motifs is 1. The molecule has 26 heavy (non-hydrogen) atoms. The third kappa shape index (κ3) is 2.93. The average Bonchev–Trinajstić information content (AvgIpc) is 3.15. The molecule has 2 aromatic heterocycles. The number of nitrogens with one attached hydrogen (secondary N) is 1. The van der Waals surface area contributed by atoms with E-state index in [-0.39, 0.29) is 17.3 Å². The third-order valence-corrected chi connectivity index (χ3v) is 4.44. The lowest BCUT2D eigenvalue weighted by molar-refractivity contribution is 0.102. The Bertz CT molecular complexity index is 1120. The van der Waals surface area contributed by atoms with Gasteiger partial charge in [0, 0.05) is 17.0 Å². The van der Waals surface area contributed by atoms with Crippen LogP contribution in [0, 0.1) is 17.5 Å². The Kier molecular flexibility index (Phi) is 3.92. The summed E-state index contributed by atoms with van der Waals surface area (Å²) in [6, 6.07) is 8.52. The van der Waals surface area contributed by atoms with Gasteiger partial charge in [-0.3, -0.25) is 10.1 Å². The number of anilines is 1. The molecular formula is C17H9F3N4OS. The van der Waals surface area contributed by atoms with Crippen molar-refractivity contribution in [2.45, 2.75) is 0 Å². The van der Waals surface area contributed by atoms with Gasteiger partial charge in [-0.15, -0.1) is 16.4 Å². The van der Waals surface area contributed by atoms with Crippen LogP contribution in [0.4, 0.5) is 19.1 Å². The van der Waals surface area contributed by atoms with E-state index in [0.717, 1.165) is 17.7 Å². The second kappa shape index (κ2) is 6.26. The second-order valence-electron chi connectivity index (χ2n) is 5.34. The molecule has 2 aromatic carbocycles. The van der Waals surface area contributed by atoms with Crippen LogP contribution in [0.15, 0.2) is 47.8 Å². The zero-order chi connectivity index (χ0) is 18.3. The molecule has 5 nitrogen and oxygen atoms in total. The molecule has 0 saturated carbocycles. The van der Waals surface area contributed by atoms with Gasteiger partial charge in [0.25, 0.3) is 11.9 Å². The van der Waals surface area contributed by atoms with Crippen LogP contribution < -0.4 is 5.32 Å². The third-order valence-electron chi connectivity index (χ3n) is 3.62. The van der Waals surface area contributed by atoms with Crippen molar-refractivity contribution in [2.24, 2.45) is 0 Å². The van der Waals surface area contributed by atoms with E-state index in [4.69, 9.17) is 0 Å². The summed E-state index contributed by atoms with van der Waals surface area (Å²) in [5, 5.41) is 8.36. The molecule has 0 radical (unpaired) electrons. The standard InChI is InChI=1S/C17H9F3N4OS/c18-10-3-1-9(2-4-10)14-8-26-17-22-16(23-24(14)17)21-15(25)12-6-5-11(19)7-13(12)20/h1-8H,(H,21,23,25). The Morgan fingerprint density at radius 3 is 2.50 bits per heavy atom. The zero-order valence-corrected chi connectivity index (χ0v) is 13.7. The van der Waals surface area contributed by atoms with Gasteiger partial charge in [0.2, 0.25) is 4.96 Å². The number of rotatable bonds is 3. The van der Waals surface area contributed by atoms with Crippen LogP contribution in [0.3, 0.4) is 0 Å². The molecule has 9 heteroatoms. The van der Waals surface area contributed by atoms with Crippen molar-refractivity contribution in [3.63, 3.8) is 0 Å². The number of amides is 1. The molecular weight excluding hydrogens is 365 g/mol. The first-order valence-corrected chi connectivity index (χ1v) is 8.26. The molecule has 0 atom stereocenters. The van der Waals surface area contributed by atoms with E-state index >= 15 is 0 Å². The minimum Gasteiger partial charge on any atom is -0.289 e. The summed E-state index contributed by atoms with van der Waals surface area (Å²) in [5.74, 6) is -2.91. The highest BCUT2D eigenvalue weighted by Crippen LogP contribution is 2.26. The Morgan fingerprint density at radius 2 is 1.77 bits per heavy atom. The van der Waals surface area contributed by atoms with Gasteiger partial charge in [-0.2, -0.15) is 4.98 Å². The summed E-state index contributed by atoms with van der Waals surface area (Å²) >= 11 is 1.28. The summed E-state index contributed by atoms with van der Waals surface area (Å²) in [4.78, 5) is 16.8. The fourth-order valence-electron chi connectivity index (χ4n) is 2.40. The highest BCUT2D eigenvalue weighted by molar-refractivity contribution is 7.15. The van der Waals surface area contributed by atoms with Crippen molar-refractivity contribution in [3.05, 3.63) is 70.9 Å². The molecule has 130 valence electrons. The van der Waals surface area contributed by atoms with Crippen molar-refractivity contribution in [3.8, 4) is 11.3 Å². The van der Waals surface area contributed by atoms with E-state index < -0.39 is 17.5 Å². The fourth-order valence-corrected chi connectivity index (χ4v) is 3.23. The van der Waals surface area contributed by atoms with Crippen LogP contribution in [-0.4, -0.2) is 20.5 Å². The molecule has 0 spiro atoms. The van der Waals surface area contributed by atoms with Crippen LogP contribution in [0.25, 0.3) is 16.2 Å². The van der Waals surface area contributed by atoms with Crippen LogP contribution >= 0.6 is 11.3 Å². The van der Waals surface area contributed by atoms with E-state index in [2.05, 4.69) is 15.4 Å². The van der Waals surface area contributed by atoms with Crippen molar-refractivity contribution in [1.29, 1.82) is 0 Å². The maximum atomic E-state index is 13.7. The summed E-state index contributed by atoms with van der Waals surface area (Å²) in [7, 11) is 0. The topological polar surface area (TPSA) is 59.3 Å². The van der Waals surface area contributed by atoms with E-state index in [1.807, 2.05) is 0 Å². The van der Waals surface area contributed by atoms with Crippen molar-refractivity contribution in [1.82, 2.24) is 14.6 Å². The second-order valence-corrected chi connectivity index (χ2v) is 6.17. The fraction of sp³-hybridized carbons (Fsp3) is 0. The first-order valence-electron chi connectivity index (χ1n) is 7.38. The largest absolute Gasteiger partial charge is 0.289 e. The molecule has 4 aromatic rings. The maximum Gasteiger partial charge on any atom is 0.261 e. The van der Waals surface area contributed by atoms with Crippen molar-refractivity contribution in [2.75, 3.05) is 5.32 Å². The molecule has 0 aliphatic rings. The van der Waals surface area contributed by atoms with Gasteiger partial charge >= 0.3 is 0 Å². The van der Waals surface area contributed by atoms with Gasteiger partial charge < -0.3 is 0 Å². The van der Waals surface area contributed by atoms with E-state index in [1.165, 1.54) is 28.0 Å². The van der Waals surface area contributed by atoms with Crippen LogP contribution in [0.1, 0.15) is 10.4 Å². The van der Waals surface area contributed by atoms with Gasteiger partial charge in [-0.25, -0.2) is 17.7 Å². The van der Waals surface area contributed by atoms with Crippen molar-refractivity contribution >= 4 is 28.2 Å². The van der Waals surface area contributed by atoms with Gasteiger partial charge in [0.15, 0.2) is 0 Å². The molecule has 0 fully saturated rings. The summed E-state index contributed by atoms with van der Waals surface area (Å²) < 4.78 is 41.2. The van der Waals surface area contributed by atoms with E-state index in [0.29, 0.717) is 16.7 Å². The van der Waals surface area contributed by atoms with Gasteiger partial charge in [0.1, 0.15) is 17.5 Å². The van der Waals surface area contributed by atoms with Gasteiger partial charge in [0.05, 0.1) is 11.3 Å². The van der Waals surface area contributed by atoms with Crippen molar-refractivity contribution < 1.29 is 18.0 Å². The minimum absolute atomic E-state index is 0.0195. The lowest BCUT2D eigenvalue weighted by atomic mass is 10.2. The van der Waals surface area contributed by atoms with Gasteiger partial charge in [-0.1, -0.05) is 0 Å². The molecule has 0 aliphatic carbocycles. The monoisotopic (exact) mass is 374 g/mol.